The predicted octanol–water partition coefficient (Wildman–Crippen LogP) is 3.01. The van der Waals surface area contributed by atoms with Gasteiger partial charge in [0.15, 0.2) is 11.6 Å². The molecular formula is C13H15BrF2N2. The maximum Gasteiger partial charge on any atom is 0.150 e. The summed E-state index contributed by atoms with van der Waals surface area (Å²) in [5.74, 6) is -0.957. The van der Waals surface area contributed by atoms with Crippen molar-refractivity contribution in [3.8, 4) is 0 Å². The molecule has 3 rings (SSSR count). The third kappa shape index (κ3) is 2.14. The first-order valence-corrected chi connectivity index (χ1v) is 7.08. The van der Waals surface area contributed by atoms with E-state index < -0.39 is 11.6 Å². The van der Waals surface area contributed by atoms with Crippen LogP contribution in [-0.2, 0) is 0 Å². The third-order valence-electron chi connectivity index (χ3n) is 3.89. The molecule has 98 valence electrons. The molecule has 2 aliphatic rings. The maximum absolute atomic E-state index is 13.9. The molecule has 0 N–H and O–H groups in total. The van der Waals surface area contributed by atoms with Gasteiger partial charge in [-0.1, -0.05) is 15.9 Å². The van der Waals surface area contributed by atoms with Crippen molar-refractivity contribution in [1.82, 2.24) is 4.90 Å². The van der Waals surface area contributed by atoms with Gasteiger partial charge in [0.2, 0.25) is 0 Å². The summed E-state index contributed by atoms with van der Waals surface area (Å²) in [6, 6.07) is 3.12. The van der Waals surface area contributed by atoms with Crippen LogP contribution in [-0.4, -0.2) is 37.1 Å². The lowest BCUT2D eigenvalue weighted by molar-refractivity contribution is 0.229. The van der Waals surface area contributed by atoms with Crippen LogP contribution < -0.4 is 4.90 Å². The molecule has 2 heterocycles. The summed E-state index contributed by atoms with van der Waals surface area (Å²) >= 11 is 3.11. The molecule has 0 saturated carbocycles. The Morgan fingerprint density at radius 1 is 1.11 bits per heavy atom. The molecule has 0 radical (unpaired) electrons. The maximum atomic E-state index is 13.9. The zero-order valence-corrected chi connectivity index (χ0v) is 11.6. The van der Waals surface area contributed by atoms with E-state index >= 15 is 0 Å². The summed E-state index contributed by atoms with van der Waals surface area (Å²) in [6.07, 6.45) is 2.33. The van der Waals surface area contributed by atoms with Crippen LogP contribution in [0.2, 0.25) is 0 Å². The molecule has 2 saturated heterocycles. The molecule has 0 spiro atoms. The van der Waals surface area contributed by atoms with E-state index in [2.05, 4.69) is 20.8 Å². The largest absolute Gasteiger partial charge is 0.364 e. The molecule has 2 fully saturated rings. The van der Waals surface area contributed by atoms with Gasteiger partial charge in [-0.15, -0.1) is 0 Å². The predicted molar refractivity (Wildman–Crippen MR) is 70.9 cm³/mol. The van der Waals surface area contributed by atoms with Gasteiger partial charge in [0.1, 0.15) is 5.69 Å². The summed E-state index contributed by atoms with van der Waals surface area (Å²) in [4.78, 5) is 4.27. The van der Waals surface area contributed by atoms with E-state index in [1.807, 2.05) is 4.90 Å². The smallest absolute Gasteiger partial charge is 0.150 e. The topological polar surface area (TPSA) is 6.48 Å². The molecule has 1 aromatic rings. The molecule has 0 aromatic heterocycles. The van der Waals surface area contributed by atoms with E-state index in [1.165, 1.54) is 18.6 Å². The van der Waals surface area contributed by atoms with Gasteiger partial charge in [0, 0.05) is 30.1 Å². The fourth-order valence-corrected chi connectivity index (χ4v) is 3.43. The number of fused-ring (bicyclic) bond motifs is 1. The number of halogens is 3. The Bertz CT molecular complexity index is 443. The Balaban J connectivity index is 1.87. The van der Waals surface area contributed by atoms with Crippen LogP contribution >= 0.6 is 15.9 Å². The van der Waals surface area contributed by atoms with Crippen molar-refractivity contribution in [3.05, 3.63) is 28.2 Å². The van der Waals surface area contributed by atoms with Crippen LogP contribution in [0.4, 0.5) is 14.5 Å². The molecule has 0 bridgehead atoms. The van der Waals surface area contributed by atoms with E-state index in [1.54, 1.807) is 0 Å². The fraction of sp³-hybridized carbons (Fsp3) is 0.538. The molecule has 0 aliphatic carbocycles. The normalized spacial score (nSPS) is 24.4. The molecule has 1 aromatic carbocycles. The number of hydrogen-bond acceptors (Lipinski definition) is 2. The third-order valence-corrected chi connectivity index (χ3v) is 4.34. The number of piperazine rings is 1. The summed E-state index contributed by atoms with van der Waals surface area (Å²) < 4.78 is 28.3. The highest BCUT2D eigenvalue weighted by Gasteiger charge is 2.32. The molecule has 18 heavy (non-hydrogen) atoms. The SMILES string of the molecule is Fc1cc(Br)cc(F)c1N1CCN2CCCC2C1. The van der Waals surface area contributed by atoms with Crippen LogP contribution in [0.15, 0.2) is 16.6 Å². The van der Waals surface area contributed by atoms with Crippen LogP contribution in [0.5, 0.6) is 0 Å². The highest BCUT2D eigenvalue weighted by atomic mass is 79.9. The summed E-state index contributed by atoms with van der Waals surface area (Å²) in [7, 11) is 0. The van der Waals surface area contributed by atoms with Crippen LogP contribution in [0.3, 0.4) is 0 Å². The monoisotopic (exact) mass is 316 g/mol. The van der Waals surface area contributed by atoms with Gasteiger partial charge < -0.3 is 4.90 Å². The summed E-state index contributed by atoms with van der Waals surface area (Å²) in [6.45, 7) is 3.46. The van der Waals surface area contributed by atoms with Crippen LogP contribution in [0.1, 0.15) is 12.8 Å². The molecule has 1 unspecified atom stereocenters. The number of hydrogen-bond donors (Lipinski definition) is 0. The van der Waals surface area contributed by atoms with Crippen molar-refractivity contribution in [2.24, 2.45) is 0 Å². The second kappa shape index (κ2) is 4.78. The molecule has 0 amide bonds. The van der Waals surface area contributed by atoms with E-state index in [4.69, 9.17) is 0 Å². The van der Waals surface area contributed by atoms with Gasteiger partial charge in [0.25, 0.3) is 0 Å². The lowest BCUT2D eigenvalue weighted by Crippen LogP contribution is -2.50. The molecule has 5 heteroatoms. The van der Waals surface area contributed by atoms with E-state index in [-0.39, 0.29) is 5.69 Å². The fourth-order valence-electron chi connectivity index (χ4n) is 3.03. The van der Waals surface area contributed by atoms with Gasteiger partial charge in [-0.2, -0.15) is 0 Å². The Morgan fingerprint density at radius 2 is 1.83 bits per heavy atom. The first-order chi connectivity index (χ1) is 8.65. The lowest BCUT2D eigenvalue weighted by Gasteiger charge is -2.39. The Morgan fingerprint density at radius 3 is 2.56 bits per heavy atom. The average molecular weight is 317 g/mol. The highest BCUT2D eigenvalue weighted by Crippen LogP contribution is 2.31. The minimum Gasteiger partial charge on any atom is -0.364 e. The van der Waals surface area contributed by atoms with Crippen molar-refractivity contribution in [3.63, 3.8) is 0 Å². The van der Waals surface area contributed by atoms with Crippen molar-refractivity contribution in [2.45, 2.75) is 18.9 Å². The van der Waals surface area contributed by atoms with Crippen molar-refractivity contribution < 1.29 is 8.78 Å². The van der Waals surface area contributed by atoms with E-state index in [0.29, 0.717) is 17.1 Å². The van der Waals surface area contributed by atoms with Gasteiger partial charge in [-0.25, -0.2) is 8.78 Å². The lowest BCUT2D eigenvalue weighted by atomic mass is 10.1. The molecular weight excluding hydrogens is 302 g/mol. The number of anilines is 1. The van der Waals surface area contributed by atoms with Crippen molar-refractivity contribution in [2.75, 3.05) is 31.1 Å². The number of rotatable bonds is 1. The molecule has 2 nitrogen and oxygen atoms in total. The first kappa shape index (κ1) is 12.4. The Kier molecular flexibility index (Phi) is 3.28. The van der Waals surface area contributed by atoms with Gasteiger partial charge >= 0.3 is 0 Å². The highest BCUT2D eigenvalue weighted by molar-refractivity contribution is 9.10. The second-order valence-corrected chi connectivity index (χ2v) is 5.91. The molecule has 1 atom stereocenters. The summed E-state index contributed by atoms with van der Waals surface area (Å²) in [5.41, 5.74) is 0.129. The minimum absolute atomic E-state index is 0.129. The van der Waals surface area contributed by atoms with Gasteiger partial charge in [-0.3, -0.25) is 4.90 Å². The van der Waals surface area contributed by atoms with Crippen molar-refractivity contribution >= 4 is 21.6 Å². The van der Waals surface area contributed by atoms with E-state index in [9.17, 15) is 8.78 Å². The van der Waals surface area contributed by atoms with E-state index in [0.717, 1.165) is 26.1 Å². The quantitative estimate of drug-likeness (QED) is 0.786. The van der Waals surface area contributed by atoms with Gasteiger partial charge in [-0.05, 0) is 31.5 Å². The van der Waals surface area contributed by atoms with Crippen LogP contribution in [0, 0.1) is 11.6 Å². The van der Waals surface area contributed by atoms with Crippen molar-refractivity contribution in [1.29, 1.82) is 0 Å². The van der Waals surface area contributed by atoms with Crippen LogP contribution in [0.25, 0.3) is 0 Å². The zero-order valence-electron chi connectivity index (χ0n) is 10.0. The zero-order chi connectivity index (χ0) is 12.7. The summed E-state index contributed by atoms with van der Waals surface area (Å²) in [5, 5.41) is 0. The average Bonchev–Trinajstić information content (AvgIpc) is 2.74. The molecule has 2 aliphatic heterocycles. The minimum atomic E-state index is -0.478. The number of nitrogens with zero attached hydrogens (tertiary/aromatic N) is 2. The standard InChI is InChI=1S/C13H15BrF2N2/c14-9-6-11(15)13(12(16)7-9)18-5-4-17-3-1-2-10(17)8-18/h6-7,10H,1-5,8H2. The number of benzene rings is 1. The first-order valence-electron chi connectivity index (χ1n) is 6.28. The Labute approximate surface area is 114 Å². The second-order valence-electron chi connectivity index (χ2n) is 5.00. The Hall–Kier alpha value is -0.680. The van der Waals surface area contributed by atoms with Gasteiger partial charge in [0.05, 0.1) is 0 Å².